The highest BCUT2D eigenvalue weighted by Crippen LogP contribution is 2.40. The Kier molecular flexibility index (Phi) is 4.16. The number of hydrogen-bond acceptors (Lipinski definition) is 2. The standard InChI is InChI=1S/C19H20OS/c1-13(2)10-14-6-5-7-15(11-14)19(20)17-12-21-18-9-4-3-8-16(17)18/h3-9,11,13,17H,10,12H2,1-2H3. The van der Waals surface area contributed by atoms with Crippen molar-refractivity contribution in [2.24, 2.45) is 5.92 Å². The second kappa shape index (κ2) is 6.07. The van der Waals surface area contributed by atoms with Gasteiger partial charge in [0.1, 0.15) is 0 Å². The van der Waals surface area contributed by atoms with Crippen LogP contribution in [0.2, 0.25) is 0 Å². The number of rotatable bonds is 4. The number of ketones is 1. The van der Waals surface area contributed by atoms with Crippen LogP contribution < -0.4 is 0 Å². The number of carbonyl (C=O) groups excluding carboxylic acids is 1. The molecule has 2 aromatic carbocycles. The van der Waals surface area contributed by atoms with Crippen LogP contribution in [0.25, 0.3) is 0 Å². The molecule has 1 heterocycles. The molecule has 1 nitrogen and oxygen atoms in total. The van der Waals surface area contributed by atoms with Crippen molar-refractivity contribution in [2.75, 3.05) is 5.75 Å². The van der Waals surface area contributed by atoms with Crippen molar-refractivity contribution < 1.29 is 4.79 Å². The van der Waals surface area contributed by atoms with E-state index in [1.54, 1.807) is 11.8 Å². The highest BCUT2D eigenvalue weighted by molar-refractivity contribution is 7.99. The van der Waals surface area contributed by atoms with Crippen LogP contribution in [-0.2, 0) is 6.42 Å². The minimum atomic E-state index is 0.0144. The van der Waals surface area contributed by atoms with E-state index in [9.17, 15) is 4.79 Å². The molecule has 1 unspecified atom stereocenters. The van der Waals surface area contributed by atoms with Gasteiger partial charge in [-0.2, -0.15) is 0 Å². The van der Waals surface area contributed by atoms with Crippen LogP contribution >= 0.6 is 11.8 Å². The van der Waals surface area contributed by atoms with Gasteiger partial charge in [0.15, 0.2) is 5.78 Å². The molecule has 0 N–H and O–H groups in total. The van der Waals surface area contributed by atoms with Crippen molar-refractivity contribution in [3.63, 3.8) is 0 Å². The Morgan fingerprint density at radius 3 is 2.81 bits per heavy atom. The maximum Gasteiger partial charge on any atom is 0.171 e. The van der Waals surface area contributed by atoms with E-state index in [1.807, 2.05) is 24.3 Å². The maximum absolute atomic E-state index is 12.8. The predicted octanol–water partition coefficient (Wildman–Crippen LogP) is 4.96. The fraction of sp³-hybridized carbons (Fsp3) is 0.316. The summed E-state index contributed by atoms with van der Waals surface area (Å²) in [5, 5.41) is 0. The summed E-state index contributed by atoms with van der Waals surface area (Å²) in [5.74, 6) is 1.75. The Balaban J connectivity index is 1.86. The van der Waals surface area contributed by atoms with Crippen LogP contribution in [0.5, 0.6) is 0 Å². The summed E-state index contributed by atoms with van der Waals surface area (Å²) in [7, 11) is 0. The van der Waals surface area contributed by atoms with E-state index in [2.05, 4.69) is 38.1 Å². The summed E-state index contributed by atoms with van der Waals surface area (Å²) in [5.41, 5.74) is 3.31. The number of thioether (sulfide) groups is 1. The molecule has 3 rings (SSSR count). The molecule has 0 radical (unpaired) electrons. The predicted molar refractivity (Wildman–Crippen MR) is 89.2 cm³/mol. The lowest BCUT2D eigenvalue weighted by molar-refractivity contribution is 0.0968. The third-order valence-electron chi connectivity index (χ3n) is 3.87. The van der Waals surface area contributed by atoms with E-state index in [-0.39, 0.29) is 11.7 Å². The van der Waals surface area contributed by atoms with Crippen LogP contribution in [0.15, 0.2) is 53.4 Å². The minimum Gasteiger partial charge on any atom is -0.293 e. The summed E-state index contributed by atoms with van der Waals surface area (Å²) in [4.78, 5) is 14.1. The lowest BCUT2D eigenvalue weighted by Crippen LogP contribution is -2.13. The lowest BCUT2D eigenvalue weighted by Gasteiger charge is -2.11. The zero-order valence-corrected chi connectivity index (χ0v) is 13.3. The normalized spacial score (nSPS) is 17.0. The summed E-state index contributed by atoms with van der Waals surface area (Å²) >= 11 is 1.79. The van der Waals surface area contributed by atoms with Gasteiger partial charge in [0, 0.05) is 16.2 Å². The summed E-state index contributed by atoms with van der Waals surface area (Å²) < 4.78 is 0. The summed E-state index contributed by atoms with van der Waals surface area (Å²) in [6.07, 6.45) is 1.02. The van der Waals surface area contributed by atoms with E-state index in [4.69, 9.17) is 0 Å². The third-order valence-corrected chi connectivity index (χ3v) is 5.05. The molecule has 108 valence electrons. The third kappa shape index (κ3) is 3.06. The molecule has 1 aliphatic heterocycles. The van der Waals surface area contributed by atoms with Crippen molar-refractivity contribution in [3.05, 3.63) is 65.2 Å². The van der Waals surface area contributed by atoms with Crippen LogP contribution in [-0.4, -0.2) is 11.5 Å². The summed E-state index contributed by atoms with van der Waals surface area (Å²) in [6, 6.07) is 16.4. The van der Waals surface area contributed by atoms with Gasteiger partial charge >= 0.3 is 0 Å². The second-order valence-electron chi connectivity index (χ2n) is 6.06. The van der Waals surface area contributed by atoms with Crippen molar-refractivity contribution in [1.82, 2.24) is 0 Å². The number of Topliss-reactive ketones (excluding diaryl/α,β-unsaturated/α-hetero) is 1. The van der Waals surface area contributed by atoms with Crippen LogP contribution in [0, 0.1) is 5.92 Å². The average Bonchev–Trinajstić information content (AvgIpc) is 2.90. The largest absolute Gasteiger partial charge is 0.293 e. The second-order valence-corrected chi connectivity index (χ2v) is 7.13. The highest BCUT2D eigenvalue weighted by atomic mass is 32.2. The molecular formula is C19H20OS. The molecule has 0 amide bonds. The van der Waals surface area contributed by atoms with E-state index >= 15 is 0 Å². The molecule has 0 aromatic heterocycles. The van der Waals surface area contributed by atoms with E-state index in [0.717, 1.165) is 17.7 Å². The molecule has 2 aromatic rings. The molecule has 1 atom stereocenters. The Labute approximate surface area is 130 Å². The van der Waals surface area contributed by atoms with Gasteiger partial charge in [-0.25, -0.2) is 0 Å². The molecule has 0 saturated carbocycles. The first kappa shape index (κ1) is 14.4. The Hall–Kier alpha value is -1.54. The Morgan fingerprint density at radius 2 is 2.00 bits per heavy atom. The van der Waals surface area contributed by atoms with Gasteiger partial charge in [0.25, 0.3) is 0 Å². The van der Waals surface area contributed by atoms with Crippen molar-refractivity contribution in [2.45, 2.75) is 31.1 Å². The number of fused-ring (bicyclic) bond motifs is 1. The molecule has 0 fully saturated rings. The molecule has 0 aliphatic carbocycles. The van der Waals surface area contributed by atoms with Gasteiger partial charge in [0.05, 0.1) is 5.92 Å². The molecule has 0 bridgehead atoms. The molecule has 0 saturated heterocycles. The maximum atomic E-state index is 12.8. The molecule has 1 aliphatic rings. The zero-order valence-electron chi connectivity index (χ0n) is 12.5. The molecule has 21 heavy (non-hydrogen) atoms. The van der Waals surface area contributed by atoms with E-state index in [1.165, 1.54) is 16.0 Å². The topological polar surface area (TPSA) is 17.1 Å². The first-order valence-electron chi connectivity index (χ1n) is 7.50. The molecule has 0 spiro atoms. The fourth-order valence-electron chi connectivity index (χ4n) is 2.90. The Morgan fingerprint density at radius 1 is 1.19 bits per heavy atom. The molecular weight excluding hydrogens is 276 g/mol. The van der Waals surface area contributed by atoms with Crippen LogP contribution in [0.4, 0.5) is 0 Å². The van der Waals surface area contributed by atoms with Gasteiger partial charge < -0.3 is 0 Å². The smallest absolute Gasteiger partial charge is 0.171 e. The average molecular weight is 296 g/mol. The molecule has 2 heteroatoms. The van der Waals surface area contributed by atoms with Crippen molar-refractivity contribution in [3.8, 4) is 0 Å². The minimum absolute atomic E-state index is 0.0144. The lowest BCUT2D eigenvalue weighted by atomic mass is 9.91. The highest BCUT2D eigenvalue weighted by Gasteiger charge is 2.29. The first-order valence-corrected chi connectivity index (χ1v) is 8.48. The monoisotopic (exact) mass is 296 g/mol. The first-order chi connectivity index (χ1) is 10.1. The number of hydrogen-bond donors (Lipinski definition) is 0. The van der Waals surface area contributed by atoms with Gasteiger partial charge in [-0.15, -0.1) is 11.8 Å². The summed E-state index contributed by atoms with van der Waals surface area (Å²) in [6.45, 7) is 4.41. The Bertz CT molecular complexity index is 660. The van der Waals surface area contributed by atoms with Crippen molar-refractivity contribution in [1.29, 1.82) is 0 Å². The zero-order chi connectivity index (χ0) is 14.8. The van der Waals surface area contributed by atoms with Gasteiger partial charge in [0.2, 0.25) is 0 Å². The quantitative estimate of drug-likeness (QED) is 0.742. The SMILES string of the molecule is CC(C)Cc1cccc(C(=O)C2CSc3ccccc32)c1. The van der Waals surface area contributed by atoms with Crippen LogP contribution in [0.1, 0.15) is 41.3 Å². The van der Waals surface area contributed by atoms with E-state index < -0.39 is 0 Å². The van der Waals surface area contributed by atoms with Gasteiger partial charge in [-0.1, -0.05) is 50.2 Å². The fourth-order valence-corrected chi connectivity index (χ4v) is 4.13. The number of carbonyl (C=O) groups is 1. The van der Waals surface area contributed by atoms with Gasteiger partial charge in [-0.05, 0) is 35.6 Å². The van der Waals surface area contributed by atoms with Crippen molar-refractivity contribution >= 4 is 17.5 Å². The number of benzene rings is 2. The van der Waals surface area contributed by atoms with E-state index in [0.29, 0.717) is 5.92 Å². The van der Waals surface area contributed by atoms with Crippen LogP contribution in [0.3, 0.4) is 0 Å². The van der Waals surface area contributed by atoms with Gasteiger partial charge in [-0.3, -0.25) is 4.79 Å².